The van der Waals surface area contributed by atoms with E-state index in [1.807, 2.05) is 30.3 Å². The van der Waals surface area contributed by atoms with Crippen LogP contribution >= 0.6 is 0 Å². The number of aromatic nitrogens is 1. The molecule has 1 heterocycles. The average molecular weight is 376 g/mol. The number of anilines is 1. The summed E-state index contributed by atoms with van der Waals surface area (Å²) in [6, 6.07) is 17.7. The molecule has 0 aliphatic heterocycles. The molecule has 1 aromatic heterocycles. The maximum absolute atomic E-state index is 12.3. The van der Waals surface area contributed by atoms with Crippen LogP contribution < -0.4 is 15.5 Å². The maximum atomic E-state index is 12.3. The molecule has 0 radical (unpaired) electrons. The fourth-order valence-electron chi connectivity index (χ4n) is 2.63. The Bertz CT molecular complexity index is 1020. The van der Waals surface area contributed by atoms with Crippen molar-refractivity contribution in [2.24, 2.45) is 0 Å². The van der Waals surface area contributed by atoms with Crippen molar-refractivity contribution in [3.63, 3.8) is 0 Å². The molecule has 0 spiro atoms. The highest BCUT2D eigenvalue weighted by Gasteiger charge is 2.10. The summed E-state index contributed by atoms with van der Waals surface area (Å²) in [5, 5.41) is 2.71. The number of pyridine rings is 1. The number of Topliss-reactive ketones (excluding diaryl/α,β-unsaturated/α-hetero) is 1. The summed E-state index contributed by atoms with van der Waals surface area (Å²) in [7, 11) is 0. The Morgan fingerprint density at radius 2 is 1.71 bits per heavy atom. The van der Waals surface area contributed by atoms with Gasteiger partial charge in [-0.15, -0.1) is 0 Å². The van der Waals surface area contributed by atoms with Crippen molar-refractivity contribution in [2.75, 3.05) is 5.32 Å². The fourth-order valence-corrected chi connectivity index (χ4v) is 2.63. The second-order valence-electron chi connectivity index (χ2n) is 6.38. The van der Waals surface area contributed by atoms with Gasteiger partial charge in [-0.1, -0.05) is 42.5 Å². The number of nitrogens with one attached hydrogen (secondary N) is 2. The van der Waals surface area contributed by atoms with E-state index in [1.165, 1.54) is 19.2 Å². The minimum atomic E-state index is -0.439. The Morgan fingerprint density at radius 1 is 1.00 bits per heavy atom. The first kappa shape index (κ1) is 19.1. The van der Waals surface area contributed by atoms with Crippen molar-refractivity contribution in [2.45, 2.75) is 20.0 Å². The normalized spacial score (nSPS) is 10.3. The molecule has 6 heteroatoms. The molecule has 0 fully saturated rings. The molecule has 2 N–H and O–H groups in total. The molecule has 0 saturated heterocycles. The third kappa shape index (κ3) is 5.17. The van der Waals surface area contributed by atoms with Gasteiger partial charge in [-0.25, -0.2) is 0 Å². The predicted molar refractivity (Wildman–Crippen MR) is 107 cm³/mol. The Balaban J connectivity index is 1.63. The second-order valence-corrected chi connectivity index (χ2v) is 6.38. The van der Waals surface area contributed by atoms with Gasteiger partial charge in [0.15, 0.2) is 5.75 Å². The van der Waals surface area contributed by atoms with Crippen molar-refractivity contribution in [1.82, 2.24) is 4.98 Å². The van der Waals surface area contributed by atoms with Crippen LogP contribution in [0.25, 0.3) is 0 Å². The number of ether oxygens (including phenoxy) is 1. The number of hydrogen-bond donors (Lipinski definition) is 2. The van der Waals surface area contributed by atoms with Gasteiger partial charge in [-0.05, 0) is 30.2 Å². The molecule has 1 amide bonds. The lowest BCUT2D eigenvalue weighted by molar-refractivity contribution is -0.116. The standard InChI is InChI=1S/C22H20N2O4/c1-15(25)11-16-7-9-18(10-8-16)24-22(27)19-12-20(26)21(13-23-19)28-14-17-5-3-2-4-6-17/h2-10,12-13H,11,14H2,1H3,(H,23,26)(H,24,27). The van der Waals surface area contributed by atoms with Gasteiger partial charge < -0.3 is 15.0 Å². The summed E-state index contributed by atoms with van der Waals surface area (Å²) < 4.78 is 5.52. The number of benzene rings is 2. The Hall–Kier alpha value is -3.67. The van der Waals surface area contributed by atoms with E-state index in [2.05, 4.69) is 10.3 Å². The van der Waals surface area contributed by atoms with Crippen LogP contribution in [0.1, 0.15) is 28.5 Å². The highest BCUT2D eigenvalue weighted by atomic mass is 16.5. The fraction of sp³-hybridized carbons (Fsp3) is 0.136. The number of H-pyrrole nitrogens is 1. The molecular formula is C22H20N2O4. The van der Waals surface area contributed by atoms with Gasteiger partial charge in [-0.2, -0.15) is 0 Å². The van der Waals surface area contributed by atoms with E-state index in [9.17, 15) is 14.4 Å². The van der Waals surface area contributed by atoms with E-state index in [4.69, 9.17) is 4.74 Å². The Morgan fingerprint density at radius 3 is 2.36 bits per heavy atom. The molecular weight excluding hydrogens is 356 g/mol. The number of hydrogen-bond acceptors (Lipinski definition) is 4. The van der Waals surface area contributed by atoms with Crippen molar-refractivity contribution < 1.29 is 14.3 Å². The van der Waals surface area contributed by atoms with Crippen LogP contribution in [0.3, 0.4) is 0 Å². The lowest BCUT2D eigenvalue weighted by Crippen LogP contribution is -2.17. The number of rotatable bonds is 7. The molecule has 142 valence electrons. The number of carbonyl (C=O) groups is 2. The third-order valence-electron chi connectivity index (χ3n) is 4.02. The first-order valence-corrected chi connectivity index (χ1v) is 8.80. The summed E-state index contributed by atoms with van der Waals surface area (Å²) in [5.41, 5.74) is 2.14. The third-order valence-corrected chi connectivity index (χ3v) is 4.02. The van der Waals surface area contributed by atoms with E-state index >= 15 is 0 Å². The van der Waals surface area contributed by atoms with Crippen LogP contribution in [0.5, 0.6) is 5.75 Å². The SMILES string of the molecule is CC(=O)Cc1ccc(NC(=O)c2cc(=O)c(OCc3ccccc3)c[nH]2)cc1. The number of carbonyl (C=O) groups excluding carboxylic acids is 2. The first-order valence-electron chi connectivity index (χ1n) is 8.80. The zero-order valence-electron chi connectivity index (χ0n) is 15.4. The number of amides is 1. The quantitative estimate of drug-likeness (QED) is 0.662. The van der Waals surface area contributed by atoms with Crippen molar-refractivity contribution in [3.05, 3.63) is 93.9 Å². The minimum Gasteiger partial charge on any atom is -0.483 e. The van der Waals surface area contributed by atoms with Gasteiger partial charge >= 0.3 is 0 Å². The van der Waals surface area contributed by atoms with Gasteiger partial charge in [0.1, 0.15) is 18.1 Å². The van der Waals surface area contributed by atoms with E-state index < -0.39 is 5.91 Å². The zero-order chi connectivity index (χ0) is 19.9. The van der Waals surface area contributed by atoms with Crippen LogP contribution in [0.2, 0.25) is 0 Å². The molecule has 3 rings (SSSR count). The van der Waals surface area contributed by atoms with Gasteiger partial charge in [-0.3, -0.25) is 14.4 Å². The molecule has 0 bridgehead atoms. The molecule has 0 atom stereocenters. The lowest BCUT2D eigenvalue weighted by atomic mass is 10.1. The predicted octanol–water partition coefficient (Wildman–Crippen LogP) is 3.34. The monoisotopic (exact) mass is 376 g/mol. The van der Waals surface area contributed by atoms with Gasteiger partial charge in [0.25, 0.3) is 5.91 Å². The highest BCUT2D eigenvalue weighted by molar-refractivity contribution is 6.02. The topological polar surface area (TPSA) is 88.3 Å². The zero-order valence-corrected chi connectivity index (χ0v) is 15.4. The van der Waals surface area contributed by atoms with Crippen LogP contribution in [0.4, 0.5) is 5.69 Å². The van der Waals surface area contributed by atoms with Gasteiger partial charge in [0.2, 0.25) is 5.43 Å². The van der Waals surface area contributed by atoms with Crippen molar-refractivity contribution >= 4 is 17.4 Å². The molecule has 2 aromatic carbocycles. The highest BCUT2D eigenvalue weighted by Crippen LogP contribution is 2.12. The largest absolute Gasteiger partial charge is 0.483 e. The average Bonchev–Trinajstić information content (AvgIpc) is 2.69. The second kappa shape index (κ2) is 8.81. The maximum Gasteiger partial charge on any atom is 0.272 e. The first-order chi connectivity index (χ1) is 13.5. The van der Waals surface area contributed by atoms with E-state index in [0.29, 0.717) is 12.1 Å². The van der Waals surface area contributed by atoms with Crippen LogP contribution in [0.15, 0.2) is 71.7 Å². The smallest absolute Gasteiger partial charge is 0.272 e. The lowest BCUT2D eigenvalue weighted by Gasteiger charge is -2.08. The summed E-state index contributed by atoms with van der Waals surface area (Å²) in [6.07, 6.45) is 1.74. The molecule has 0 saturated carbocycles. The van der Waals surface area contributed by atoms with Crippen molar-refractivity contribution in [1.29, 1.82) is 0 Å². The molecule has 0 aliphatic carbocycles. The summed E-state index contributed by atoms with van der Waals surface area (Å²) in [5.74, 6) is -0.219. The van der Waals surface area contributed by atoms with E-state index in [-0.39, 0.29) is 29.3 Å². The van der Waals surface area contributed by atoms with E-state index in [0.717, 1.165) is 11.1 Å². The minimum absolute atomic E-state index is 0.0731. The molecule has 0 aliphatic rings. The van der Waals surface area contributed by atoms with E-state index in [1.54, 1.807) is 24.3 Å². The summed E-state index contributed by atoms with van der Waals surface area (Å²) in [4.78, 5) is 38.5. The van der Waals surface area contributed by atoms with Crippen LogP contribution in [-0.2, 0) is 17.8 Å². The van der Waals surface area contributed by atoms with Crippen LogP contribution in [-0.4, -0.2) is 16.7 Å². The van der Waals surface area contributed by atoms with Gasteiger partial charge in [0.05, 0.1) is 0 Å². The van der Waals surface area contributed by atoms with Crippen LogP contribution in [0, 0.1) is 0 Å². The molecule has 0 unspecified atom stereocenters. The van der Waals surface area contributed by atoms with Gasteiger partial charge in [0, 0.05) is 24.4 Å². The number of aromatic amines is 1. The Kier molecular flexibility index (Phi) is 6.01. The summed E-state index contributed by atoms with van der Waals surface area (Å²) in [6.45, 7) is 1.79. The molecule has 28 heavy (non-hydrogen) atoms. The summed E-state index contributed by atoms with van der Waals surface area (Å²) >= 11 is 0. The van der Waals surface area contributed by atoms with Crippen molar-refractivity contribution in [3.8, 4) is 5.75 Å². The molecule has 3 aromatic rings. The Labute approximate surface area is 162 Å². The number of ketones is 1. The molecule has 6 nitrogen and oxygen atoms in total.